The van der Waals surface area contributed by atoms with Gasteiger partial charge in [0.15, 0.2) is 0 Å². The summed E-state index contributed by atoms with van der Waals surface area (Å²) in [5.41, 5.74) is 5.11. The second-order valence-electron chi connectivity index (χ2n) is 6.57. The minimum atomic E-state index is -0.295. The van der Waals surface area contributed by atoms with Crippen LogP contribution in [0.3, 0.4) is 0 Å². The largest absolute Gasteiger partial charge is 0.357 e. The Hall–Kier alpha value is -2.59. The number of benzene rings is 2. The Morgan fingerprint density at radius 2 is 2.15 bits per heavy atom. The van der Waals surface area contributed by atoms with E-state index < -0.39 is 0 Å². The molecule has 0 atom stereocenters. The standard InChI is InChI=1S/C21H18ClFN2O/c1-3-18(26)25-10-9-14-13(11-25)5-4-6-15(14)19-16(23)7-8-17-20(19)21(22)12(2)24-17/h3-8,24H,1,9-11H2,2H3. The Balaban J connectivity index is 1.92. The van der Waals surface area contributed by atoms with Crippen LogP contribution in [0.15, 0.2) is 43.0 Å². The van der Waals surface area contributed by atoms with Crippen LogP contribution in [0.2, 0.25) is 5.02 Å². The average Bonchev–Trinajstić information content (AvgIpc) is 2.94. The predicted octanol–water partition coefficient (Wildman–Crippen LogP) is 5.01. The second-order valence-corrected chi connectivity index (χ2v) is 6.94. The van der Waals surface area contributed by atoms with E-state index in [1.807, 2.05) is 25.1 Å². The molecule has 4 rings (SSSR count). The molecule has 0 spiro atoms. The van der Waals surface area contributed by atoms with E-state index in [9.17, 15) is 9.18 Å². The quantitative estimate of drug-likeness (QED) is 0.634. The molecule has 26 heavy (non-hydrogen) atoms. The van der Waals surface area contributed by atoms with Crippen molar-refractivity contribution in [3.05, 3.63) is 70.6 Å². The van der Waals surface area contributed by atoms with Gasteiger partial charge in [-0.3, -0.25) is 4.79 Å². The molecule has 0 unspecified atom stereocenters. The lowest BCUT2D eigenvalue weighted by Gasteiger charge is -2.29. The number of H-pyrrole nitrogens is 1. The van der Waals surface area contributed by atoms with Crippen molar-refractivity contribution in [2.45, 2.75) is 19.9 Å². The predicted molar refractivity (Wildman–Crippen MR) is 103 cm³/mol. The number of hydrogen-bond donors (Lipinski definition) is 1. The minimum absolute atomic E-state index is 0.0846. The third kappa shape index (κ3) is 2.53. The van der Waals surface area contributed by atoms with E-state index in [1.165, 1.54) is 12.1 Å². The lowest BCUT2D eigenvalue weighted by molar-refractivity contribution is -0.126. The maximum atomic E-state index is 14.9. The number of nitrogens with zero attached hydrogens (tertiary/aromatic N) is 1. The number of halogens is 2. The topological polar surface area (TPSA) is 36.1 Å². The van der Waals surface area contributed by atoms with Crippen LogP contribution in [0.1, 0.15) is 16.8 Å². The summed E-state index contributed by atoms with van der Waals surface area (Å²) in [6.45, 7) is 6.53. The Bertz CT molecular complexity index is 1050. The lowest BCUT2D eigenvalue weighted by atomic mass is 9.89. The molecule has 132 valence electrons. The maximum absolute atomic E-state index is 14.9. The summed E-state index contributed by atoms with van der Waals surface area (Å²) in [4.78, 5) is 16.9. The van der Waals surface area contributed by atoms with E-state index in [1.54, 1.807) is 11.0 Å². The Morgan fingerprint density at radius 1 is 1.35 bits per heavy atom. The van der Waals surface area contributed by atoms with Crippen LogP contribution in [0.5, 0.6) is 0 Å². The molecule has 0 radical (unpaired) electrons. The molecule has 0 bridgehead atoms. The molecule has 5 heteroatoms. The monoisotopic (exact) mass is 368 g/mol. The number of nitrogens with one attached hydrogen (secondary N) is 1. The first-order valence-electron chi connectivity index (χ1n) is 8.50. The first-order chi connectivity index (χ1) is 12.5. The third-order valence-corrected chi connectivity index (χ3v) is 5.52. The molecule has 1 aromatic heterocycles. The number of carbonyl (C=O) groups is 1. The van der Waals surface area contributed by atoms with Gasteiger partial charge in [-0.1, -0.05) is 36.4 Å². The van der Waals surface area contributed by atoms with Crippen LogP contribution in [0, 0.1) is 12.7 Å². The number of aromatic nitrogens is 1. The molecule has 3 nitrogen and oxygen atoms in total. The molecule has 0 saturated heterocycles. The van der Waals surface area contributed by atoms with E-state index in [0.717, 1.165) is 27.9 Å². The number of aromatic amines is 1. The molecule has 1 aliphatic heterocycles. The SMILES string of the molecule is C=CC(=O)N1CCc2c(cccc2-c2c(F)ccc3[nH]c(C)c(Cl)c23)C1. The van der Waals surface area contributed by atoms with Gasteiger partial charge in [0.2, 0.25) is 5.91 Å². The highest BCUT2D eigenvalue weighted by Crippen LogP contribution is 2.40. The summed E-state index contributed by atoms with van der Waals surface area (Å²) >= 11 is 6.47. The number of rotatable bonds is 2. The van der Waals surface area contributed by atoms with E-state index in [2.05, 4.69) is 11.6 Å². The van der Waals surface area contributed by atoms with Crippen molar-refractivity contribution < 1.29 is 9.18 Å². The number of amides is 1. The third-order valence-electron chi connectivity index (χ3n) is 5.05. The van der Waals surface area contributed by atoms with Gasteiger partial charge in [-0.2, -0.15) is 0 Å². The number of carbonyl (C=O) groups excluding carboxylic acids is 1. The summed E-state index contributed by atoms with van der Waals surface area (Å²) in [6.07, 6.45) is 2.00. The number of aryl methyl sites for hydroxylation is 1. The van der Waals surface area contributed by atoms with Crippen LogP contribution in [0.25, 0.3) is 22.0 Å². The Kier molecular flexibility index (Phi) is 4.08. The normalized spacial score (nSPS) is 13.7. The molecule has 0 saturated carbocycles. The Morgan fingerprint density at radius 3 is 2.92 bits per heavy atom. The zero-order valence-electron chi connectivity index (χ0n) is 14.4. The zero-order valence-corrected chi connectivity index (χ0v) is 15.2. The fraction of sp³-hybridized carbons (Fsp3) is 0.190. The summed E-state index contributed by atoms with van der Waals surface area (Å²) in [5.74, 6) is -0.380. The van der Waals surface area contributed by atoms with Gasteiger partial charge in [0, 0.05) is 35.2 Å². The van der Waals surface area contributed by atoms with Crippen LogP contribution < -0.4 is 0 Å². The van der Waals surface area contributed by atoms with Gasteiger partial charge in [0.1, 0.15) is 5.82 Å². The second kappa shape index (κ2) is 6.29. The van der Waals surface area contributed by atoms with Crippen LogP contribution >= 0.6 is 11.6 Å². The van der Waals surface area contributed by atoms with Gasteiger partial charge >= 0.3 is 0 Å². The van der Waals surface area contributed by atoms with Crippen molar-refractivity contribution in [1.82, 2.24) is 9.88 Å². The smallest absolute Gasteiger partial charge is 0.246 e. The molecule has 1 aliphatic rings. The van der Waals surface area contributed by atoms with Gasteiger partial charge in [-0.05, 0) is 48.2 Å². The maximum Gasteiger partial charge on any atom is 0.246 e. The lowest BCUT2D eigenvalue weighted by Crippen LogP contribution is -2.34. The van der Waals surface area contributed by atoms with Gasteiger partial charge in [0.05, 0.1) is 5.02 Å². The van der Waals surface area contributed by atoms with Crippen molar-refractivity contribution in [2.24, 2.45) is 0 Å². The molecular formula is C21H18ClFN2O. The fourth-order valence-electron chi connectivity index (χ4n) is 3.78. The highest BCUT2D eigenvalue weighted by atomic mass is 35.5. The highest BCUT2D eigenvalue weighted by molar-refractivity contribution is 6.37. The van der Waals surface area contributed by atoms with Crippen LogP contribution in [0.4, 0.5) is 4.39 Å². The molecule has 2 heterocycles. The Labute approximate surface area is 156 Å². The molecule has 3 aromatic rings. The first kappa shape index (κ1) is 16.9. The first-order valence-corrected chi connectivity index (χ1v) is 8.87. The van der Waals surface area contributed by atoms with E-state index >= 15 is 0 Å². The van der Waals surface area contributed by atoms with Gasteiger partial charge < -0.3 is 9.88 Å². The van der Waals surface area contributed by atoms with Crippen molar-refractivity contribution in [3.63, 3.8) is 0 Å². The van der Waals surface area contributed by atoms with Crippen LogP contribution in [-0.4, -0.2) is 22.3 Å². The zero-order chi connectivity index (χ0) is 18.4. The highest BCUT2D eigenvalue weighted by Gasteiger charge is 2.24. The van der Waals surface area contributed by atoms with Gasteiger partial charge in [-0.15, -0.1) is 0 Å². The molecule has 0 aliphatic carbocycles. The van der Waals surface area contributed by atoms with Crippen molar-refractivity contribution in [3.8, 4) is 11.1 Å². The molecular weight excluding hydrogens is 351 g/mol. The average molecular weight is 369 g/mol. The molecule has 1 N–H and O–H groups in total. The summed E-state index contributed by atoms with van der Waals surface area (Å²) in [5, 5.41) is 1.26. The van der Waals surface area contributed by atoms with E-state index in [-0.39, 0.29) is 11.7 Å². The van der Waals surface area contributed by atoms with Gasteiger partial charge in [0.25, 0.3) is 0 Å². The van der Waals surface area contributed by atoms with Crippen LogP contribution in [-0.2, 0) is 17.8 Å². The van der Waals surface area contributed by atoms with Crippen molar-refractivity contribution in [1.29, 1.82) is 0 Å². The van der Waals surface area contributed by atoms with E-state index in [0.29, 0.717) is 35.5 Å². The van der Waals surface area contributed by atoms with Gasteiger partial charge in [-0.25, -0.2) is 4.39 Å². The number of fused-ring (bicyclic) bond motifs is 2. The fourth-order valence-corrected chi connectivity index (χ4v) is 4.02. The summed E-state index contributed by atoms with van der Waals surface area (Å²) in [7, 11) is 0. The summed E-state index contributed by atoms with van der Waals surface area (Å²) < 4.78 is 14.9. The molecule has 0 fully saturated rings. The molecule has 1 amide bonds. The minimum Gasteiger partial charge on any atom is -0.357 e. The summed E-state index contributed by atoms with van der Waals surface area (Å²) in [6, 6.07) is 9.01. The number of hydrogen-bond acceptors (Lipinski definition) is 1. The van der Waals surface area contributed by atoms with E-state index in [4.69, 9.17) is 11.6 Å². The van der Waals surface area contributed by atoms with Crippen molar-refractivity contribution >= 4 is 28.4 Å². The molecule has 2 aromatic carbocycles. The van der Waals surface area contributed by atoms with Crippen molar-refractivity contribution in [2.75, 3.05) is 6.54 Å².